The lowest BCUT2D eigenvalue weighted by atomic mass is 10.1. The molecular formula is C23H20N4O5S. The van der Waals surface area contributed by atoms with Crippen molar-refractivity contribution in [1.82, 2.24) is 0 Å². The molecule has 33 heavy (non-hydrogen) atoms. The second-order valence-electron chi connectivity index (χ2n) is 6.53. The Hall–Kier alpha value is -4.18. The van der Waals surface area contributed by atoms with Gasteiger partial charge in [0.15, 0.2) is 5.17 Å². The molecule has 0 atom stereocenters. The third-order valence-corrected chi connectivity index (χ3v) is 5.16. The highest BCUT2D eigenvalue weighted by molar-refractivity contribution is 8.13. The first-order chi connectivity index (χ1) is 16.0. The minimum absolute atomic E-state index is 0.0713. The molecule has 3 aromatic rings. The molecule has 2 N–H and O–H groups in total. The number of hydrogen-bond donors (Lipinski definition) is 1. The van der Waals surface area contributed by atoms with E-state index in [0.29, 0.717) is 22.2 Å². The molecule has 10 heteroatoms. The predicted octanol–water partition coefficient (Wildman–Crippen LogP) is 4.76. The third-order valence-electron chi connectivity index (χ3n) is 4.30. The Bertz CT molecular complexity index is 1200. The smallest absolute Gasteiger partial charge is 0.341 e. The second kappa shape index (κ2) is 11.4. The molecular weight excluding hydrogens is 444 g/mol. The molecule has 0 radical (unpaired) electrons. The number of hydrogen-bond acceptors (Lipinski definition) is 8. The van der Waals surface area contributed by atoms with Crippen LogP contribution in [0, 0.1) is 10.1 Å². The van der Waals surface area contributed by atoms with Crippen LogP contribution in [0.25, 0.3) is 0 Å². The lowest BCUT2D eigenvalue weighted by Gasteiger charge is -2.11. The Balaban J connectivity index is 1.77. The highest BCUT2D eigenvalue weighted by atomic mass is 32.2. The molecule has 0 saturated heterocycles. The number of benzene rings is 3. The Kier molecular flexibility index (Phi) is 8.14. The number of methoxy groups -OCH3 is 1. The highest BCUT2D eigenvalue weighted by Crippen LogP contribution is 2.30. The molecule has 0 amide bonds. The maximum Gasteiger partial charge on any atom is 0.341 e. The van der Waals surface area contributed by atoms with Gasteiger partial charge in [0.05, 0.1) is 18.2 Å². The average Bonchev–Trinajstić information content (AvgIpc) is 2.84. The van der Waals surface area contributed by atoms with Crippen molar-refractivity contribution in [2.24, 2.45) is 15.9 Å². The van der Waals surface area contributed by atoms with Gasteiger partial charge in [0, 0.05) is 23.4 Å². The summed E-state index contributed by atoms with van der Waals surface area (Å²) in [7, 11) is 1.18. The molecule has 9 nitrogen and oxygen atoms in total. The number of amidine groups is 1. The topological polar surface area (TPSA) is 129 Å². The summed E-state index contributed by atoms with van der Waals surface area (Å²) in [5.41, 5.74) is 7.27. The summed E-state index contributed by atoms with van der Waals surface area (Å²) in [6.45, 7) is 0. The maximum absolute atomic E-state index is 12.1. The largest absolute Gasteiger partial charge is 0.465 e. The zero-order valence-corrected chi connectivity index (χ0v) is 18.4. The van der Waals surface area contributed by atoms with E-state index in [0.717, 1.165) is 11.6 Å². The van der Waals surface area contributed by atoms with Crippen molar-refractivity contribution in [2.45, 2.75) is 5.75 Å². The van der Waals surface area contributed by atoms with E-state index in [2.05, 4.69) is 10.2 Å². The molecule has 0 fully saturated rings. The van der Waals surface area contributed by atoms with Gasteiger partial charge in [-0.05, 0) is 23.8 Å². The minimum Gasteiger partial charge on any atom is -0.465 e. The van der Waals surface area contributed by atoms with Gasteiger partial charge in [-0.2, -0.15) is 5.10 Å². The lowest BCUT2D eigenvalue weighted by Crippen LogP contribution is -2.06. The monoisotopic (exact) mass is 464 g/mol. The summed E-state index contributed by atoms with van der Waals surface area (Å²) in [6.07, 6.45) is 1.47. The van der Waals surface area contributed by atoms with Crippen LogP contribution in [-0.4, -0.2) is 29.4 Å². The quantitative estimate of drug-likeness (QED) is 0.167. The molecule has 0 bridgehead atoms. The van der Waals surface area contributed by atoms with Crippen molar-refractivity contribution < 1.29 is 19.2 Å². The fourth-order valence-corrected chi connectivity index (χ4v) is 3.31. The maximum atomic E-state index is 12.1. The van der Waals surface area contributed by atoms with Crippen molar-refractivity contribution >= 4 is 34.8 Å². The van der Waals surface area contributed by atoms with Crippen molar-refractivity contribution in [3.8, 4) is 11.5 Å². The zero-order valence-electron chi connectivity index (χ0n) is 17.6. The van der Waals surface area contributed by atoms with E-state index in [1.165, 1.54) is 37.2 Å². The fraction of sp³-hybridized carbons (Fsp3) is 0.0870. The number of non-ortho nitro benzene ring substituents is 1. The van der Waals surface area contributed by atoms with Crippen molar-refractivity contribution in [2.75, 3.05) is 7.11 Å². The number of nitro benzene ring substituents is 1. The van der Waals surface area contributed by atoms with Crippen LogP contribution in [0.2, 0.25) is 0 Å². The molecule has 168 valence electrons. The van der Waals surface area contributed by atoms with Gasteiger partial charge in [0.2, 0.25) is 0 Å². The van der Waals surface area contributed by atoms with E-state index < -0.39 is 10.9 Å². The van der Waals surface area contributed by atoms with E-state index in [-0.39, 0.29) is 17.0 Å². The summed E-state index contributed by atoms with van der Waals surface area (Å²) in [6, 6.07) is 20.5. The molecule has 0 aliphatic rings. The van der Waals surface area contributed by atoms with Crippen LogP contribution in [0.3, 0.4) is 0 Å². The SMILES string of the molecule is COC(=O)c1cc([N+](=O)[O-])ccc1Oc1ccccc1C=NN=C(N)SCc1ccccc1. The first-order valence-corrected chi connectivity index (χ1v) is 10.6. The van der Waals surface area contributed by atoms with Gasteiger partial charge >= 0.3 is 5.97 Å². The molecule has 0 aromatic heterocycles. The molecule has 3 aromatic carbocycles. The Morgan fingerprint density at radius 2 is 1.82 bits per heavy atom. The van der Waals surface area contributed by atoms with Crippen LogP contribution in [0.4, 0.5) is 5.69 Å². The van der Waals surface area contributed by atoms with Crippen LogP contribution < -0.4 is 10.5 Å². The molecule has 0 saturated carbocycles. The third kappa shape index (κ3) is 6.65. The van der Waals surface area contributed by atoms with Crippen LogP contribution in [-0.2, 0) is 10.5 Å². The number of nitrogens with two attached hydrogens (primary N) is 1. The fourth-order valence-electron chi connectivity index (χ4n) is 2.70. The molecule has 0 aliphatic heterocycles. The number of nitro groups is 1. The molecule has 0 aliphatic carbocycles. The van der Waals surface area contributed by atoms with Crippen LogP contribution in [0.5, 0.6) is 11.5 Å². The van der Waals surface area contributed by atoms with E-state index in [1.807, 2.05) is 30.3 Å². The summed E-state index contributed by atoms with van der Waals surface area (Å²) in [5, 5.41) is 19.4. The lowest BCUT2D eigenvalue weighted by molar-refractivity contribution is -0.384. The summed E-state index contributed by atoms with van der Waals surface area (Å²) < 4.78 is 10.6. The summed E-state index contributed by atoms with van der Waals surface area (Å²) >= 11 is 1.36. The van der Waals surface area contributed by atoms with Crippen LogP contribution in [0.15, 0.2) is 83.0 Å². The van der Waals surface area contributed by atoms with Crippen molar-refractivity contribution in [3.05, 3.63) is 99.6 Å². The van der Waals surface area contributed by atoms with Crippen molar-refractivity contribution in [1.29, 1.82) is 0 Å². The van der Waals surface area contributed by atoms with Gasteiger partial charge in [0.1, 0.15) is 17.1 Å². The van der Waals surface area contributed by atoms with Gasteiger partial charge in [-0.15, -0.1) is 5.10 Å². The normalized spacial score (nSPS) is 11.4. The van der Waals surface area contributed by atoms with E-state index >= 15 is 0 Å². The average molecular weight is 465 g/mol. The summed E-state index contributed by atoms with van der Waals surface area (Å²) in [5.74, 6) is 0.385. The van der Waals surface area contributed by atoms with Gasteiger partial charge in [-0.1, -0.05) is 54.2 Å². The minimum atomic E-state index is -0.757. The number of thioether (sulfide) groups is 1. The molecule has 3 rings (SSSR count). The summed E-state index contributed by atoms with van der Waals surface area (Å²) in [4.78, 5) is 22.6. The van der Waals surface area contributed by atoms with Crippen molar-refractivity contribution in [3.63, 3.8) is 0 Å². The van der Waals surface area contributed by atoms with Gasteiger partial charge in [-0.3, -0.25) is 10.1 Å². The Labute approximate surface area is 194 Å². The number of carbonyl (C=O) groups excluding carboxylic acids is 1. The molecule has 0 unspecified atom stereocenters. The number of esters is 1. The van der Waals surface area contributed by atoms with Crippen LogP contribution >= 0.6 is 11.8 Å². The zero-order chi connectivity index (χ0) is 23.6. The first kappa shape index (κ1) is 23.5. The highest BCUT2D eigenvalue weighted by Gasteiger charge is 2.19. The van der Waals surface area contributed by atoms with Gasteiger partial charge in [-0.25, -0.2) is 4.79 Å². The predicted molar refractivity (Wildman–Crippen MR) is 128 cm³/mol. The Morgan fingerprint density at radius 3 is 2.55 bits per heavy atom. The number of para-hydroxylation sites is 1. The number of ether oxygens (including phenoxy) is 2. The first-order valence-electron chi connectivity index (χ1n) is 9.65. The van der Waals surface area contributed by atoms with E-state index in [9.17, 15) is 14.9 Å². The van der Waals surface area contributed by atoms with E-state index in [4.69, 9.17) is 15.2 Å². The van der Waals surface area contributed by atoms with E-state index in [1.54, 1.807) is 24.3 Å². The Morgan fingerprint density at radius 1 is 1.09 bits per heavy atom. The number of rotatable bonds is 8. The number of carbonyl (C=O) groups is 1. The standard InChI is InChI=1S/C23H20N4O5S/c1-31-22(28)19-13-18(27(29)30)11-12-21(19)32-20-10-6-5-9-17(20)14-25-26-23(24)33-15-16-7-3-2-4-8-16/h2-14H,15H2,1H3,(H2,24,26). The van der Waals surface area contributed by atoms with Gasteiger partial charge < -0.3 is 15.2 Å². The molecule has 0 spiro atoms. The molecule has 0 heterocycles. The second-order valence-corrected chi connectivity index (χ2v) is 7.52. The number of nitrogens with zero attached hydrogens (tertiary/aromatic N) is 3. The van der Waals surface area contributed by atoms with Gasteiger partial charge in [0.25, 0.3) is 5.69 Å². The van der Waals surface area contributed by atoms with Crippen LogP contribution in [0.1, 0.15) is 21.5 Å².